The molecule has 0 saturated carbocycles. The lowest BCUT2D eigenvalue weighted by molar-refractivity contribution is -0.143. The maximum atomic E-state index is 12.7. The molecule has 1 aliphatic rings. The van der Waals surface area contributed by atoms with Gasteiger partial charge in [-0.1, -0.05) is 5.16 Å². The van der Waals surface area contributed by atoms with Gasteiger partial charge in [-0.25, -0.2) is 0 Å². The van der Waals surface area contributed by atoms with Crippen molar-refractivity contribution in [2.45, 2.75) is 19.5 Å². The van der Waals surface area contributed by atoms with Crippen molar-refractivity contribution in [2.75, 3.05) is 26.3 Å². The van der Waals surface area contributed by atoms with E-state index in [1.807, 2.05) is 6.92 Å². The van der Waals surface area contributed by atoms with Crippen molar-refractivity contribution in [1.29, 1.82) is 0 Å². The minimum absolute atomic E-state index is 0.160. The fourth-order valence-electron chi connectivity index (χ4n) is 2.20. The molecule has 1 aliphatic heterocycles. The number of halogens is 3. The third-order valence-electron chi connectivity index (χ3n) is 3.20. The Morgan fingerprint density at radius 2 is 2.35 bits per heavy atom. The Morgan fingerprint density at radius 1 is 1.60 bits per heavy atom. The van der Waals surface area contributed by atoms with E-state index < -0.39 is 23.3 Å². The number of ether oxygens (including phenoxy) is 1. The Balaban J connectivity index is 2.04. The van der Waals surface area contributed by atoms with Gasteiger partial charge < -0.3 is 14.2 Å². The van der Waals surface area contributed by atoms with Crippen LogP contribution in [0, 0.1) is 5.92 Å². The van der Waals surface area contributed by atoms with Crippen LogP contribution in [-0.4, -0.2) is 42.3 Å². The van der Waals surface area contributed by atoms with Crippen LogP contribution in [0.5, 0.6) is 0 Å². The van der Waals surface area contributed by atoms with Crippen LogP contribution in [0.2, 0.25) is 0 Å². The van der Waals surface area contributed by atoms with E-state index in [0.29, 0.717) is 26.3 Å². The van der Waals surface area contributed by atoms with E-state index in [4.69, 9.17) is 4.74 Å². The number of nitrogens with zero attached hydrogens (tertiary/aromatic N) is 2. The van der Waals surface area contributed by atoms with Gasteiger partial charge in [-0.05, 0) is 13.3 Å². The summed E-state index contributed by atoms with van der Waals surface area (Å²) < 4.78 is 47.5. The standard InChI is InChI=1S/C12H15F3N2O3/c1-2-19-6-8-3-4-17(5-8)11(18)9-7-20-16-10(9)12(13,14)15/h7-8H,2-6H2,1H3/t8-/m1/s1. The van der Waals surface area contributed by atoms with E-state index in [2.05, 4.69) is 9.68 Å². The van der Waals surface area contributed by atoms with Crippen molar-refractivity contribution in [1.82, 2.24) is 10.1 Å². The molecule has 0 N–H and O–H groups in total. The van der Waals surface area contributed by atoms with Gasteiger partial charge >= 0.3 is 6.18 Å². The predicted molar refractivity (Wildman–Crippen MR) is 62.0 cm³/mol. The maximum Gasteiger partial charge on any atom is 0.437 e. The zero-order chi connectivity index (χ0) is 14.8. The zero-order valence-corrected chi connectivity index (χ0v) is 10.9. The van der Waals surface area contributed by atoms with Crippen LogP contribution in [0.25, 0.3) is 0 Å². The van der Waals surface area contributed by atoms with Crippen LogP contribution >= 0.6 is 0 Å². The highest BCUT2D eigenvalue weighted by Gasteiger charge is 2.41. The molecule has 1 amide bonds. The lowest BCUT2D eigenvalue weighted by atomic mass is 10.1. The van der Waals surface area contributed by atoms with Crippen molar-refractivity contribution in [3.05, 3.63) is 17.5 Å². The SMILES string of the molecule is CCOC[C@@H]1CCN(C(=O)c2conc2C(F)(F)F)C1. The maximum absolute atomic E-state index is 12.7. The monoisotopic (exact) mass is 292 g/mol. The summed E-state index contributed by atoms with van der Waals surface area (Å²) >= 11 is 0. The summed E-state index contributed by atoms with van der Waals surface area (Å²) in [5.74, 6) is -0.536. The van der Waals surface area contributed by atoms with E-state index in [1.165, 1.54) is 4.90 Å². The van der Waals surface area contributed by atoms with E-state index in [9.17, 15) is 18.0 Å². The lowest BCUT2D eigenvalue weighted by Gasteiger charge is -2.16. The van der Waals surface area contributed by atoms with Crippen molar-refractivity contribution in [3.63, 3.8) is 0 Å². The number of carbonyl (C=O) groups is 1. The van der Waals surface area contributed by atoms with Crippen molar-refractivity contribution < 1.29 is 27.2 Å². The summed E-state index contributed by atoms with van der Waals surface area (Å²) in [5.41, 5.74) is -1.80. The van der Waals surface area contributed by atoms with Crippen molar-refractivity contribution >= 4 is 5.91 Å². The van der Waals surface area contributed by atoms with Crippen LogP contribution in [0.3, 0.4) is 0 Å². The van der Waals surface area contributed by atoms with Gasteiger partial charge in [0.25, 0.3) is 5.91 Å². The smallest absolute Gasteiger partial charge is 0.381 e. The summed E-state index contributed by atoms with van der Waals surface area (Å²) in [4.78, 5) is 13.5. The minimum atomic E-state index is -4.69. The quantitative estimate of drug-likeness (QED) is 0.853. The molecule has 0 unspecified atom stereocenters. The molecule has 1 saturated heterocycles. The molecule has 0 radical (unpaired) electrons. The van der Waals surface area contributed by atoms with Gasteiger partial charge in [-0.15, -0.1) is 0 Å². The van der Waals surface area contributed by atoms with Gasteiger partial charge in [0.2, 0.25) is 0 Å². The van der Waals surface area contributed by atoms with E-state index in [1.54, 1.807) is 0 Å². The fourth-order valence-corrected chi connectivity index (χ4v) is 2.20. The van der Waals surface area contributed by atoms with Crippen LogP contribution < -0.4 is 0 Å². The van der Waals surface area contributed by atoms with E-state index >= 15 is 0 Å². The number of aromatic nitrogens is 1. The average Bonchev–Trinajstić information content (AvgIpc) is 3.03. The highest BCUT2D eigenvalue weighted by molar-refractivity contribution is 5.95. The Bertz CT molecular complexity index is 473. The first-order chi connectivity index (χ1) is 9.43. The second-order valence-electron chi connectivity index (χ2n) is 4.64. The second kappa shape index (κ2) is 5.82. The highest BCUT2D eigenvalue weighted by atomic mass is 19.4. The number of hydrogen-bond acceptors (Lipinski definition) is 4. The van der Waals surface area contributed by atoms with Crippen molar-refractivity contribution in [3.8, 4) is 0 Å². The molecule has 0 aliphatic carbocycles. The molecular weight excluding hydrogens is 277 g/mol. The highest BCUT2D eigenvalue weighted by Crippen LogP contribution is 2.32. The Labute approximate surface area is 113 Å². The van der Waals surface area contributed by atoms with Crippen LogP contribution in [0.4, 0.5) is 13.2 Å². The molecule has 5 nitrogen and oxygen atoms in total. The molecule has 2 rings (SSSR count). The minimum Gasteiger partial charge on any atom is -0.381 e. The van der Waals surface area contributed by atoms with Gasteiger partial charge in [0.1, 0.15) is 11.8 Å². The summed E-state index contributed by atoms with van der Waals surface area (Å²) in [6.45, 7) is 3.76. The molecular formula is C12H15F3N2O3. The largest absolute Gasteiger partial charge is 0.437 e. The number of hydrogen-bond donors (Lipinski definition) is 0. The van der Waals surface area contributed by atoms with Crippen molar-refractivity contribution in [2.24, 2.45) is 5.92 Å². The van der Waals surface area contributed by atoms with Crippen LogP contribution in [0.15, 0.2) is 10.8 Å². The number of alkyl halides is 3. The summed E-state index contributed by atoms with van der Waals surface area (Å²) in [6.07, 6.45) is -3.22. The van der Waals surface area contributed by atoms with Gasteiger partial charge in [0.05, 0.1) is 6.61 Å². The molecule has 1 atom stereocenters. The Kier molecular flexibility index (Phi) is 4.32. The van der Waals surface area contributed by atoms with Gasteiger partial charge in [0.15, 0.2) is 5.69 Å². The molecule has 0 spiro atoms. The fraction of sp³-hybridized carbons (Fsp3) is 0.667. The molecule has 20 heavy (non-hydrogen) atoms. The molecule has 8 heteroatoms. The first-order valence-corrected chi connectivity index (χ1v) is 6.32. The molecule has 2 heterocycles. The number of carbonyl (C=O) groups excluding carboxylic acids is 1. The molecule has 0 aromatic carbocycles. The van der Waals surface area contributed by atoms with Gasteiger partial charge in [0, 0.05) is 25.6 Å². The first-order valence-electron chi connectivity index (χ1n) is 6.32. The van der Waals surface area contributed by atoms with Crippen LogP contribution in [-0.2, 0) is 10.9 Å². The Morgan fingerprint density at radius 3 is 3.00 bits per heavy atom. The summed E-state index contributed by atoms with van der Waals surface area (Å²) in [6, 6.07) is 0. The topological polar surface area (TPSA) is 55.6 Å². The Hall–Kier alpha value is -1.57. The molecule has 0 bridgehead atoms. The molecule has 1 aromatic rings. The summed E-state index contributed by atoms with van der Waals surface area (Å²) in [5, 5.41) is 2.88. The third-order valence-corrected chi connectivity index (χ3v) is 3.20. The first kappa shape index (κ1) is 14.8. The number of rotatable bonds is 4. The third kappa shape index (κ3) is 3.12. The summed E-state index contributed by atoms with van der Waals surface area (Å²) in [7, 11) is 0. The predicted octanol–water partition coefficient (Wildman–Crippen LogP) is 2.19. The van der Waals surface area contributed by atoms with Gasteiger partial charge in [-0.2, -0.15) is 13.2 Å². The normalized spacial score (nSPS) is 19.6. The molecule has 112 valence electrons. The average molecular weight is 292 g/mol. The number of likely N-dealkylation sites (tertiary alicyclic amines) is 1. The van der Waals surface area contributed by atoms with E-state index in [-0.39, 0.29) is 5.92 Å². The van der Waals surface area contributed by atoms with Gasteiger partial charge in [-0.3, -0.25) is 4.79 Å². The van der Waals surface area contributed by atoms with Crippen LogP contribution in [0.1, 0.15) is 29.4 Å². The second-order valence-corrected chi connectivity index (χ2v) is 4.64. The zero-order valence-electron chi connectivity index (χ0n) is 10.9. The molecule has 1 fully saturated rings. The lowest BCUT2D eigenvalue weighted by Crippen LogP contribution is -2.30. The van der Waals surface area contributed by atoms with E-state index in [0.717, 1.165) is 12.7 Å². The number of amides is 1. The molecule has 1 aromatic heterocycles.